The first-order chi connectivity index (χ1) is 7.74. The molecule has 0 aliphatic carbocycles. The van der Waals surface area contributed by atoms with Crippen LogP contribution in [0.25, 0.3) is 5.57 Å². The molecule has 1 aromatic carbocycles. The van der Waals surface area contributed by atoms with Crippen molar-refractivity contribution in [2.45, 2.75) is 27.2 Å². The van der Waals surface area contributed by atoms with Gasteiger partial charge < -0.3 is 0 Å². The smallest absolute Gasteiger partial charge is 0.0150 e. The molecule has 0 nitrogen and oxygen atoms in total. The van der Waals surface area contributed by atoms with E-state index in [0.29, 0.717) is 0 Å². The largest absolute Gasteiger partial charge is 0.0990 e. The number of allylic oxidation sites excluding steroid dienone is 5. The second kappa shape index (κ2) is 6.12. The van der Waals surface area contributed by atoms with Gasteiger partial charge in [0, 0.05) is 0 Å². The summed E-state index contributed by atoms with van der Waals surface area (Å²) < 4.78 is 0. The molecule has 0 bridgehead atoms. The normalized spacial score (nSPS) is 12.1. The minimum atomic E-state index is 1.06. The van der Waals surface area contributed by atoms with Crippen LogP contribution < -0.4 is 0 Å². The van der Waals surface area contributed by atoms with Crippen molar-refractivity contribution in [2.24, 2.45) is 0 Å². The third kappa shape index (κ3) is 2.73. The Bertz CT molecular complexity index is 420. The third-order valence-electron chi connectivity index (χ3n) is 2.72. The summed E-state index contributed by atoms with van der Waals surface area (Å²) in [5.74, 6) is 0. The fourth-order valence-electron chi connectivity index (χ4n) is 1.98. The predicted octanol–water partition coefficient (Wildman–Crippen LogP) is 4.70. The van der Waals surface area contributed by atoms with Crippen LogP contribution in [0.15, 0.2) is 49.1 Å². The Morgan fingerprint density at radius 3 is 2.69 bits per heavy atom. The summed E-state index contributed by atoms with van der Waals surface area (Å²) in [4.78, 5) is 0. The Balaban J connectivity index is 3.34. The molecule has 1 rings (SSSR count). The van der Waals surface area contributed by atoms with Gasteiger partial charge in [-0.25, -0.2) is 0 Å². The summed E-state index contributed by atoms with van der Waals surface area (Å²) in [6.07, 6.45) is 9.17. The molecule has 0 unspecified atom stereocenters. The van der Waals surface area contributed by atoms with Gasteiger partial charge in [0.1, 0.15) is 0 Å². The van der Waals surface area contributed by atoms with E-state index in [0.717, 1.165) is 6.42 Å². The van der Waals surface area contributed by atoms with Crippen molar-refractivity contribution in [1.82, 2.24) is 0 Å². The van der Waals surface area contributed by atoms with E-state index in [1.807, 2.05) is 13.0 Å². The molecule has 0 N–H and O–H groups in total. The van der Waals surface area contributed by atoms with Crippen LogP contribution in [-0.2, 0) is 6.42 Å². The van der Waals surface area contributed by atoms with Gasteiger partial charge in [0.15, 0.2) is 0 Å². The van der Waals surface area contributed by atoms with Crippen LogP contribution in [0.1, 0.15) is 30.5 Å². The standard InChI is InChI=1S/C16H20/c1-5-9-14(10-6-2)16-12-8-11-13(4)15(16)7-3/h5-6,8-12H,1,7H2,2-4H3/b10-6-,14-9+. The van der Waals surface area contributed by atoms with E-state index >= 15 is 0 Å². The number of aryl methyl sites for hydroxylation is 1. The maximum Gasteiger partial charge on any atom is -0.0150 e. The molecule has 0 heterocycles. The monoisotopic (exact) mass is 212 g/mol. The maximum absolute atomic E-state index is 3.78. The van der Waals surface area contributed by atoms with Crippen molar-refractivity contribution in [3.05, 3.63) is 65.8 Å². The molecule has 0 fully saturated rings. The van der Waals surface area contributed by atoms with Gasteiger partial charge in [0.2, 0.25) is 0 Å². The molecule has 0 aliphatic heterocycles. The van der Waals surface area contributed by atoms with Gasteiger partial charge in [-0.15, -0.1) is 0 Å². The van der Waals surface area contributed by atoms with Crippen LogP contribution in [0.2, 0.25) is 0 Å². The SMILES string of the molecule is C=C/C=C(\C=C/C)c1cccc(C)c1CC. The first kappa shape index (κ1) is 12.5. The first-order valence-corrected chi connectivity index (χ1v) is 5.78. The molecule has 0 atom stereocenters. The molecule has 0 saturated heterocycles. The molecule has 0 radical (unpaired) electrons. The summed E-state index contributed by atoms with van der Waals surface area (Å²) in [6, 6.07) is 6.47. The second-order valence-corrected chi connectivity index (χ2v) is 3.81. The summed E-state index contributed by atoms with van der Waals surface area (Å²) in [7, 11) is 0. The Kier molecular flexibility index (Phi) is 4.78. The zero-order valence-electron chi connectivity index (χ0n) is 10.5. The average molecular weight is 212 g/mol. The van der Waals surface area contributed by atoms with E-state index in [1.165, 1.54) is 22.3 Å². The van der Waals surface area contributed by atoms with E-state index in [4.69, 9.17) is 0 Å². The van der Waals surface area contributed by atoms with Crippen LogP contribution in [0.4, 0.5) is 0 Å². The maximum atomic E-state index is 3.78. The zero-order chi connectivity index (χ0) is 12.0. The highest BCUT2D eigenvalue weighted by atomic mass is 14.1. The van der Waals surface area contributed by atoms with Gasteiger partial charge in [-0.1, -0.05) is 56.0 Å². The molecule has 0 amide bonds. The molecule has 16 heavy (non-hydrogen) atoms. The first-order valence-electron chi connectivity index (χ1n) is 5.78. The van der Waals surface area contributed by atoms with Crippen molar-refractivity contribution in [3.8, 4) is 0 Å². The number of hydrogen-bond donors (Lipinski definition) is 0. The van der Waals surface area contributed by atoms with Crippen molar-refractivity contribution in [2.75, 3.05) is 0 Å². The molecule has 0 spiro atoms. The summed E-state index contributed by atoms with van der Waals surface area (Å²) in [5, 5.41) is 0. The minimum absolute atomic E-state index is 1.06. The summed E-state index contributed by atoms with van der Waals surface area (Å²) >= 11 is 0. The molecule has 0 aromatic heterocycles. The zero-order valence-corrected chi connectivity index (χ0v) is 10.5. The molecule has 0 heteroatoms. The van der Waals surface area contributed by atoms with Gasteiger partial charge >= 0.3 is 0 Å². The van der Waals surface area contributed by atoms with Crippen molar-refractivity contribution in [3.63, 3.8) is 0 Å². The van der Waals surface area contributed by atoms with Crippen molar-refractivity contribution >= 4 is 5.57 Å². The highest BCUT2D eigenvalue weighted by Gasteiger charge is 2.05. The lowest BCUT2D eigenvalue weighted by molar-refractivity contribution is 1.10. The number of hydrogen-bond acceptors (Lipinski definition) is 0. The van der Waals surface area contributed by atoms with E-state index in [1.54, 1.807) is 0 Å². The highest BCUT2D eigenvalue weighted by molar-refractivity contribution is 5.77. The van der Waals surface area contributed by atoms with Crippen LogP contribution >= 0.6 is 0 Å². The van der Waals surface area contributed by atoms with Gasteiger partial charge in [0.05, 0.1) is 0 Å². The summed E-state index contributed by atoms with van der Waals surface area (Å²) in [5.41, 5.74) is 5.34. The lowest BCUT2D eigenvalue weighted by Gasteiger charge is -2.11. The quantitative estimate of drug-likeness (QED) is 0.634. The Labute approximate surface area is 99.0 Å². The molecular weight excluding hydrogens is 192 g/mol. The lowest BCUT2D eigenvalue weighted by Crippen LogP contribution is -1.94. The van der Waals surface area contributed by atoms with E-state index in [2.05, 4.69) is 56.9 Å². The van der Waals surface area contributed by atoms with Crippen molar-refractivity contribution < 1.29 is 0 Å². The predicted molar refractivity (Wildman–Crippen MR) is 73.5 cm³/mol. The molecule has 0 aliphatic rings. The summed E-state index contributed by atoms with van der Waals surface area (Å²) in [6.45, 7) is 10.2. The minimum Gasteiger partial charge on any atom is -0.0990 e. The van der Waals surface area contributed by atoms with E-state index in [9.17, 15) is 0 Å². The third-order valence-corrected chi connectivity index (χ3v) is 2.72. The highest BCUT2D eigenvalue weighted by Crippen LogP contribution is 2.24. The Hall–Kier alpha value is -1.56. The molecule has 84 valence electrons. The number of rotatable bonds is 4. The van der Waals surface area contributed by atoms with Gasteiger partial charge in [-0.3, -0.25) is 0 Å². The van der Waals surface area contributed by atoms with Crippen LogP contribution in [0.3, 0.4) is 0 Å². The average Bonchev–Trinajstić information content (AvgIpc) is 2.28. The second-order valence-electron chi connectivity index (χ2n) is 3.81. The van der Waals surface area contributed by atoms with Crippen molar-refractivity contribution in [1.29, 1.82) is 0 Å². The van der Waals surface area contributed by atoms with Crippen LogP contribution in [0.5, 0.6) is 0 Å². The molecular formula is C16H20. The number of benzene rings is 1. The van der Waals surface area contributed by atoms with Gasteiger partial charge in [0.25, 0.3) is 0 Å². The Morgan fingerprint density at radius 2 is 2.12 bits per heavy atom. The molecule has 0 saturated carbocycles. The fourth-order valence-corrected chi connectivity index (χ4v) is 1.98. The topological polar surface area (TPSA) is 0 Å². The van der Waals surface area contributed by atoms with Gasteiger partial charge in [-0.05, 0) is 42.5 Å². The lowest BCUT2D eigenvalue weighted by atomic mass is 9.94. The van der Waals surface area contributed by atoms with Crippen LogP contribution in [-0.4, -0.2) is 0 Å². The van der Waals surface area contributed by atoms with E-state index in [-0.39, 0.29) is 0 Å². The van der Waals surface area contributed by atoms with E-state index < -0.39 is 0 Å². The Morgan fingerprint density at radius 1 is 1.38 bits per heavy atom. The fraction of sp³-hybridized carbons (Fsp3) is 0.250. The molecule has 1 aromatic rings. The van der Waals surface area contributed by atoms with Gasteiger partial charge in [-0.2, -0.15) is 0 Å². The van der Waals surface area contributed by atoms with Crippen LogP contribution in [0, 0.1) is 6.92 Å².